The first kappa shape index (κ1) is 23.3. The van der Waals surface area contributed by atoms with Gasteiger partial charge in [0.15, 0.2) is 18.1 Å². The van der Waals surface area contributed by atoms with Crippen molar-refractivity contribution >= 4 is 29.1 Å². The molecule has 6 heterocycles. The summed E-state index contributed by atoms with van der Waals surface area (Å²) >= 11 is 0. The first-order valence-corrected chi connectivity index (χ1v) is 12.3. The van der Waals surface area contributed by atoms with Crippen molar-refractivity contribution in [1.29, 1.82) is 0 Å². The Morgan fingerprint density at radius 2 is 2.00 bits per heavy atom. The van der Waals surface area contributed by atoms with Crippen LogP contribution >= 0.6 is 0 Å². The van der Waals surface area contributed by atoms with Crippen LogP contribution in [0.1, 0.15) is 39.4 Å². The zero-order valence-electron chi connectivity index (χ0n) is 20.0. The van der Waals surface area contributed by atoms with Gasteiger partial charge in [-0.3, -0.25) is 14.4 Å². The number of carbonyl (C=O) groups is 3. The first-order chi connectivity index (χ1) is 17.9. The van der Waals surface area contributed by atoms with E-state index in [-0.39, 0.29) is 36.1 Å². The molecule has 0 spiro atoms. The predicted molar refractivity (Wildman–Crippen MR) is 130 cm³/mol. The summed E-state index contributed by atoms with van der Waals surface area (Å²) in [6.45, 7) is 3.76. The smallest absolute Gasteiger partial charge is 0.270 e. The Bertz CT molecular complexity index is 1400. The number of amides is 3. The second kappa shape index (κ2) is 9.43. The van der Waals surface area contributed by atoms with Crippen LogP contribution in [-0.2, 0) is 11.3 Å². The van der Waals surface area contributed by atoms with Gasteiger partial charge < -0.3 is 25.6 Å². The van der Waals surface area contributed by atoms with E-state index < -0.39 is 17.6 Å². The molecule has 37 heavy (non-hydrogen) atoms. The number of hydrogen-bond acceptors (Lipinski definition) is 7. The Morgan fingerprint density at radius 3 is 2.78 bits per heavy atom. The molecular weight excluding hydrogens is 481 g/mol. The fourth-order valence-corrected chi connectivity index (χ4v) is 5.36. The highest BCUT2D eigenvalue weighted by Gasteiger charge is 2.34. The summed E-state index contributed by atoms with van der Waals surface area (Å²) in [5.74, 6) is -0.492. The maximum Gasteiger partial charge on any atom is 0.270 e. The van der Waals surface area contributed by atoms with Crippen LogP contribution in [-0.4, -0.2) is 70.0 Å². The fraction of sp³-hybridized carbons (Fsp3) is 0.400. The molecule has 3 aromatic rings. The lowest BCUT2D eigenvalue weighted by Gasteiger charge is -2.44. The Kier molecular flexibility index (Phi) is 5.95. The number of carbonyl (C=O) groups excluding carboxylic acids is 3. The number of anilines is 1. The fourth-order valence-electron chi connectivity index (χ4n) is 5.36. The van der Waals surface area contributed by atoms with Crippen LogP contribution in [0.5, 0.6) is 5.75 Å². The molecule has 2 bridgehead atoms. The van der Waals surface area contributed by atoms with E-state index in [1.54, 1.807) is 18.2 Å². The van der Waals surface area contributed by atoms with Crippen molar-refractivity contribution < 1.29 is 23.5 Å². The first-order valence-electron chi connectivity index (χ1n) is 12.3. The van der Waals surface area contributed by atoms with Crippen molar-refractivity contribution in [2.75, 3.05) is 38.1 Å². The maximum atomic E-state index is 14.4. The van der Waals surface area contributed by atoms with E-state index in [1.165, 1.54) is 6.07 Å². The van der Waals surface area contributed by atoms with Gasteiger partial charge in [-0.05, 0) is 55.5 Å². The summed E-state index contributed by atoms with van der Waals surface area (Å²) in [5, 5.41) is 12.4. The molecule has 3 fully saturated rings. The molecule has 3 amide bonds. The van der Waals surface area contributed by atoms with Crippen LogP contribution in [0.4, 0.5) is 10.1 Å². The summed E-state index contributed by atoms with van der Waals surface area (Å²) in [6.07, 6.45) is 3.24. The molecule has 1 atom stereocenters. The zero-order valence-corrected chi connectivity index (χ0v) is 20.0. The highest BCUT2D eigenvalue weighted by molar-refractivity contribution is 5.98. The number of halogens is 1. The number of rotatable bonds is 6. The van der Waals surface area contributed by atoms with Crippen molar-refractivity contribution in [2.45, 2.75) is 19.4 Å². The Labute approximate surface area is 211 Å². The van der Waals surface area contributed by atoms with Crippen LogP contribution in [0.15, 0.2) is 30.5 Å². The molecule has 7 rings (SSSR count). The number of ether oxygens (including phenoxy) is 1. The third-order valence-corrected chi connectivity index (χ3v) is 7.34. The molecule has 12 heteroatoms. The van der Waals surface area contributed by atoms with E-state index in [1.807, 2.05) is 0 Å². The Balaban J connectivity index is 1.17. The number of fused-ring (bicyclic) bond motifs is 5. The van der Waals surface area contributed by atoms with Crippen molar-refractivity contribution in [3.63, 3.8) is 0 Å². The van der Waals surface area contributed by atoms with Crippen LogP contribution < -0.4 is 20.7 Å². The maximum absolute atomic E-state index is 14.4. The second-order valence-corrected chi connectivity index (χ2v) is 9.71. The van der Waals surface area contributed by atoms with Gasteiger partial charge in [0.25, 0.3) is 17.7 Å². The van der Waals surface area contributed by atoms with Gasteiger partial charge in [0.2, 0.25) is 0 Å². The van der Waals surface area contributed by atoms with Gasteiger partial charge in [0, 0.05) is 25.7 Å². The highest BCUT2D eigenvalue weighted by Crippen LogP contribution is 2.32. The number of benzene rings is 1. The topological polar surface area (TPSA) is 130 Å². The van der Waals surface area contributed by atoms with Gasteiger partial charge in [0.1, 0.15) is 17.1 Å². The molecule has 11 nitrogen and oxygen atoms in total. The predicted octanol–water partition coefficient (Wildman–Crippen LogP) is 1.20. The monoisotopic (exact) mass is 507 g/mol. The summed E-state index contributed by atoms with van der Waals surface area (Å²) in [6, 6.07) is 6.49. The van der Waals surface area contributed by atoms with Crippen molar-refractivity contribution in [3.8, 4) is 5.75 Å². The quantitative estimate of drug-likeness (QED) is 0.457. The lowest BCUT2D eigenvalue weighted by atomic mass is 9.79. The molecule has 0 radical (unpaired) electrons. The van der Waals surface area contributed by atoms with Crippen LogP contribution in [0.3, 0.4) is 0 Å². The minimum absolute atomic E-state index is 0.0361. The largest absolute Gasteiger partial charge is 0.482 e. The minimum Gasteiger partial charge on any atom is -0.482 e. The van der Waals surface area contributed by atoms with E-state index in [4.69, 9.17) is 4.74 Å². The van der Waals surface area contributed by atoms with Crippen molar-refractivity contribution in [2.24, 2.45) is 11.8 Å². The average Bonchev–Trinajstić information content (AvgIpc) is 3.30. The standard InChI is InChI=1S/C25H26FN7O4/c26-17-11-29-33-20(25(36)28-10-16-12-32-5-3-15(16)4-6-32)8-19(31-23(17)33)24(35)27-9-14-1-2-21-18(7-14)30-22(34)13-37-21/h1-2,7-8,11,15-16H,3-6,9-10,12-13H2,(H,27,35)(H,28,36)(H,30,34)/t16-/m1/s1. The summed E-state index contributed by atoms with van der Waals surface area (Å²) < 4.78 is 20.9. The van der Waals surface area contributed by atoms with E-state index in [9.17, 15) is 18.8 Å². The lowest BCUT2D eigenvalue weighted by molar-refractivity contribution is -0.118. The molecular formula is C25H26FN7O4. The third-order valence-electron chi connectivity index (χ3n) is 7.34. The van der Waals surface area contributed by atoms with E-state index in [0.29, 0.717) is 35.4 Å². The van der Waals surface area contributed by atoms with Gasteiger partial charge in [-0.1, -0.05) is 6.07 Å². The number of aromatic nitrogens is 3. The zero-order chi connectivity index (χ0) is 25.5. The molecule has 3 N–H and O–H groups in total. The molecule has 2 aromatic heterocycles. The van der Waals surface area contributed by atoms with Crippen LogP contribution in [0.25, 0.3) is 5.65 Å². The molecule has 0 aliphatic carbocycles. The van der Waals surface area contributed by atoms with Gasteiger partial charge in [-0.25, -0.2) is 13.9 Å². The van der Waals surface area contributed by atoms with Crippen LogP contribution in [0, 0.1) is 17.7 Å². The number of piperidine rings is 3. The van der Waals surface area contributed by atoms with Gasteiger partial charge in [0.05, 0.1) is 11.9 Å². The van der Waals surface area contributed by atoms with Gasteiger partial charge in [-0.2, -0.15) is 5.10 Å². The molecule has 3 saturated heterocycles. The number of nitrogens with one attached hydrogen (secondary N) is 3. The molecule has 192 valence electrons. The number of hydrogen-bond donors (Lipinski definition) is 3. The Hall–Kier alpha value is -4.06. The van der Waals surface area contributed by atoms with Crippen LogP contribution in [0.2, 0.25) is 0 Å². The summed E-state index contributed by atoms with van der Waals surface area (Å²) in [5.41, 5.74) is 0.966. The second-order valence-electron chi connectivity index (χ2n) is 9.71. The molecule has 1 aromatic carbocycles. The normalized spacial score (nSPS) is 22.2. The van der Waals surface area contributed by atoms with E-state index in [0.717, 1.165) is 43.2 Å². The average molecular weight is 508 g/mol. The van der Waals surface area contributed by atoms with Crippen molar-refractivity contribution in [1.82, 2.24) is 30.1 Å². The lowest BCUT2D eigenvalue weighted by Crippen LogP contribution is -2.50. The molecule has 0 unspecified atom stereocenters. The molecule has 4 aliphatic rings. The molecule has 0 saturated carbocycles. The van der Waals surface area contributed by atoms with Gasteiger partial charge in [-0.15, -0.1) is 0 Å². The summed E-state index contributed by atoms with van der Waals surface area (Å²) in [4.78, 5) is 44.1. The third kappa shape index (κ3) is 4.59. The van der Waals surface area contributed by atoms with Crippen molar-refractivity contribution in [3.05, 3.63) is 53.2 Å². The van der Waals surface area contributed by atoms with E-state index in [2.05, 4.69) is 30.9 Å². The highest BCUT2D eigenvalue weighted by atomic mass is 19.1. The molecule has 4 aliphatic heterocycles. The summed E-state index contributed by atoms with van der Waals surface area (Å²) in [7, 11) is 0. The number of nitrogens with zero attached hydrogens (tertiary/aromatic N) is 4. The van der Waals surface area contributed by atoms with Gasteiger partial charge >= 0.3 is 0 Å². The Morgan fingerprint density at radius 1 is 1.16 bits per heavy atom. The minimum atomic E-state index is -0.730. The SMILES string of the molecule is O=C1COc2ccc(CNC(=O)c3cc(C(=O)NC[C@@H]4CN5CCC4CC5)n4ncc(F)c4n3)cc2N1. The van der Waals surface area contributed by atoms with E-state index >= 15 is 0 Å².